The lowest BCUT2D eigenvalue weighted by Crippen LogP contribution is -2.53. The van der Waals surface area contributed by atoms with Crippen LogP contribution >= 0.6 is 0 Å². The number of carbonyl (C=O) groups is 1. The molecule has 8 nitrogen and oxygen atoms in total. The quantitative estimate of drug-likeness (QED) is 0.323. The molecule has 0 radical (unpaired) electrons. The van der Waals surface area contributed by atoms with Crippen molar-refractivity contribution in [2.24, 2.45) is 5.92 Å². The molecule has 1 aliphatic rings. The van der Waals surface area contributed by atoms with Gasteiger partial charge in [-0.25, -0.2) is 4.79 Å². The van der Waals surface area contributed by atoms with E-state index in [2.05, 4.69) is 45.8 Å². The normalized spacial score (nSPS) is 20.9. The van der Waals surface area contributed by atoms with E-state index in [1.54, 1.807) is 0 Å². The first-order chi connectivity index (χ1) is 12.6. The van der Waals surface area contributed by atoms with Crippen molar-refractivity contribution >= 4 is 31.2 Å². The SMILES string of the molecule is CC(COC1=C(O)C(C(O)CO)OC1=O)C[Si](C)(O[Si](C)(C)C)O[Si](C)(C)C. The Hall–Kier alpha value is -0.699. The van der Waals surface area contributed by atoms with Crippen molar-refractivity contribution in [1.29, 1.82) is 0 Å². The molecule has 0 aromatic rings. The molecule has 3 N–H and O–H groups in total. The summed E-state index contributed by atoms with van der Waals surface area (Å²) >= 11 is 0. The number of aliphatic hydroxyl groups is 3. The van der Waals surface area contributed by atoms with E-state index in [1.807, 2.05) is 6.92 Å². The van der Waals surface area contributed by atoms with Crippen molar-refractivity contribution in [3.05, 3.63) is 11.5 Å². The summed E-state index contributed by atoms with van der Waals surface area (Å²) in [6.45, 7) is 16.4. The standard InChI is InChI=1S/C17H36O8Si3/c1-12(11-28(8,24-26(2,3)4)25-27(5,6)7)10-22-16-14(20)15(13(19)9-18)23-17(16)21/h12-13,15,18-20H,9-11H2,1-8H3. The van der Waals surface area contributed by atoms with Gasteiger partial charge in [-0.2, -0.15) is 0 Å². The molecule has 1 rings (SSSR count). The maximum Gasteiger partial charge on any atom is 0.378 e. The van der Waals surface area contributed by atoms with Gasteiger partial charge in [0, 0.05) is 0 Å². The second kappa shape index (κ2) is 9.41. The molecule has 1 aliphatic heterocycles. The first kappa shape index (κ1) is 25.3. The van der Waals surface area contributed by atoms with Crippen molar-refractivity contribution in [3.63, 3.8) is 0 Å². The predicted molar refractivity (Wildman–Crippen MR) is 113 cm³/mol. The molecule has 1 heterocycles. The highest BCUT2D eigenvalue weighted by Gasteiger charge is 2.43. The van der Waals surface area contributed by atoms with E-state index in [4.69, 9.17) is 22.8 Å². The summed E-state index contributed by atoms with van der Waals surface area (Å²) in [5, 5.41) is 28.7. The van der Waals surface area contributed by atoms with E-state index >= 15 is 0 Å². The lowest BCUT2D eigenvalue weighted by Gasteiger charge is -2.39. The van der Waals surface area contributed by atoms with Crippen LogP contribution in [0.25, 0.3) is 0 Å². The van der Waals surface area contributed by atoms with Crippen molar-refractivity contribution < 1.29 is 37.8 Å². The summed E-state index contributed by atoms with van der Waals surface area (Å²) < 4.78 is 23.3. The van der Waals surface area contributed by atoms with Gasteiger partial charge in [0.05, 0.1) is 13.2 Å². The summed E-state index contributed by atoms with van der Waals surface area (Å²) in [6, 6.07) is 0.688. The molecule has 0 aromatic heterocycles. The molecule has 0 saturated heterocycles. The van der Waals surface area contributed by atoms with Crippen molar-refractivity contribution in [2.75, 3.05) is 13.2 Å². The topological polar surface area (TPSA) is 115 Å². The molecule has 3 atom stereocenters. The fourth-order valence-electron chi connectivity index (χ4n) is 3.26. The van der Waals surface area contributed by atoms with E-state index in [0.29, 0.717) is 6.04 Å². The largest absolute Gasteiger partial charge is 0.505 e. The molecular weight excluding hydrogens is 416 g/mol. The van der Waals surface area contributed by atoms with Crippen LogP contribution < -0.4 is 0 Å². The van der Waals surface area contributed by atoms with Crippen molar-refractivity contribution in [1.82, 2.24) is 0 Å². The van der Waals surface area contributed by atoms with E-state index in [0.717, 1.165) is 0 Å². The molecule has 0 aromatic carbocycles. The average Bonchev–Trinajstić information content (AvgIpc) is 2.74. The molecular formula is C17H36O8Si3. The molecule has 0 aliphatic carbocycles. The number of aliphatic hydroxyl groups excluding tert-OH is 3. The van der Waals surface area contributed by atoms with Gasteiger partial charge in [-0.05, 0) is 57.8 Å². The molecule has 0 bridgehead atoms. The number of ether oxygens (including phenoxy) is 2. The predicted octanol–water partition coefficient (Wildman–Crippen LogP) is 2.46. The van der Waals surface area contributed by atoms with Gasteiger partial charge >= 0.3 is 14.5 Å². The van der Waals surface area contributed by atoms with Gasteiger partial charge < -0.3 is 33.0 Å². The van der Waals surface area contributed by atoms with Gasteiger partial charge in [0.1, 0.15) is 6.10 Å². The Labute approximate surface area is 171 Å². The average molecular weight is 453 g/mol. The zero-order valence-corrected chi connectivity index (χ0v) is 21.2. The van der Waals surface area contributed by atoms with E-state index in [-0.39, 0.29) is 18.3 Å². The first-order valence-electron chi connectivity index (χ1n) is 9.53. The lowest BCUT2D eigenvalue weighted by molar-refractivity contribution is -0.148. The Bertz CT molecular complexity index is 566. The lowest BCUT2D eigenvalue weighted by atomic mass is 10.2. The van der Waals surface area contributed by atoms with Crippen molar-refractivity contribution in [3.8, 4) is 0 Å². The Morgan fingerprint density at radius 2 is 1.57 bits per heavy atom. The van der Waals surface area contributed by atoms with Crippen LogP contribution in [0.15, 0.2) is 11.5 Å². The van der Waals surface area contributed by atoms with Gasteiger partial charge in [-0.15, -0.1) is 0 Å². The number of esters is 1. The summed E-state index contributed by atoms with van der Waals surface area (Å²) in [5.74, 6) is -1.64. The van der Waals surface area contributed by atoms with Gasteiger partial charge in [0.25, 0.3) is 0 Å². The highest BCUT2D eigenvalue weighted by atomic mass is 28.5. The molecule has 0 amide bonds. The van der Waals surface area contributed by atoms with Gasteiger partial charge in [-0.3, -0.25) is 0 Å². The first-order valence-corrected chi connectivity index (χ1v) is 18.9. The third-order valence-electron chi connectivity index (χ3n) is 3.73. The maximum absolute atomic E-state index is 11.9. The molecule has 164 valence electrons. The Balaban J connectivity index is 2.81. The fourth-order valence-corrected chi connectivity index (χ4v) is 16.2. The van der Waals surface area contributed by atoms with Gasteiger partial charge in [-0.1, -0.05) is 6.92 Å². The Kier molecular flexibility index (Phi) is 8.51. The number of hydrogen-bond acceptors (Lipinski definition) is 8. The van der Waals surface area contributed by atoms with Crippen LogP contribution in [-0.4, -0.2) is 71.9 Å². The number of carbonyl (C=O) groups excluding carboxylic acids is 1. The highest BCUT2D eigenvalue weighted by molar-refractivity contribution is 6.87. The third kappa shape index (κ3) is 7.97. The summed E-state index contributed by atoms with van der Waals surface area (Å²) in [6.07, 6.45) is -2.69. The van der Waals surface area contributed by atoms with Crippen LogP contribution in [0, 0.1) is 5.92 Å². The van der Waals surface area contributed by atoms with Crippen LogP contribution in [0.5, 0.6) is 0 Å². The summed E-state index contributed by atoms with van der Waals surface area (Å²) in [7, 11) is -6.08. The molecule has 0 saturated carbocycles. The molecule has 3 unspecified atom stereocenters. The highest BCUT2D eigenvalue weighted by Crippen LogP contribution is 2.29. The zero-order chi connectivity index (χ0) is 21.9. The molecule has 0 spiro atoms. The van der Waals surface area contributed by atoms with Crippen LogP contribution in [0.3, 0.4) is 0 Å². The van der Waals surface area contributed by atoms with Crippen molar-refractivity contribution in [2.45, 2.75) is 71.0 Å². The number of cyclic esters (lactones) is 1. The van der Waals surface area contributed by atoms with Gasteiger partial charge in [0.15, 0.2) is 28.5 Å². The van der Waals surface area contributed by atoms with Crippen LogP contribution in [0.4, 0.5) is 0 Å². The molecule has 28 heavy (non-hydrogen) atoms. The minimum atomic E-state index is -2.46. The van der Waals surface area contributed by atoms with Crippen LogP contribution in [-0.2, 0) is 22.5 Å². The second-order valence-electron chi connectivity index (χ2n) is 9.47. The molecule has 0 fully saturated rings. The minimum absolute atomic E-state index is 0.0132. The van der Waals surface area contributed by atoms with Crippen LogP contribution in [0.1, 0.15) is 6.92 Å². The summed E-state index contributed by atoms with van der Waals surface area (Å²) in [4.78, 5) is 11.9. The fraction of sp³-hybridized carbons (Fsp3) is 0.824. The van der Waals surface area contributed by atoms with Gasteiger partial charge in [0.2, 0.25) is 5.76 Å². The van der Waals surface area contributed by atoms with Crippen LogP contribution in [0.2, 0.25) is 51.9 Å². The minimum Gasteiger partial charge on any atom is -0.505 e. The summed E-state index contributed by atoms with van der Waals surface area (Å²) in [5.41, 5.74) is 0. The van der Waals surface area contributed by atoms with E-state index in [9.17, 15) is 15.0 Å². The smallest absolute Gasteiger partial charge is 0.378 e. The van der Waals surface area contributed by atoms with E-state index < -0.39 is 55.7 Å². The number of rotatable bonds is 11. The monoisotopic (exact) mass is 452 g/mol. The van der Waals surface area contributed by atoms with E-state index in [1.165, 1.54) is 0 Å². The maximum atomic E-state index is 11.9. The zero-order valence-electron chi connectivity index (χ0n) is 18.2. The second-order valence-corrected chi connectivity index (χ2v) is 22.2. The number of hydrogen-bond donors (Lipinski definition) is 3. The Morgan fingerprint density at radius 3 is 2.00 bits per heavy atom. The molecule has 11 heteroatoms. The Morgan fingerprint density at radius 1 is 1.07 bits per heavy atom. The third-order valence-corrected chi connectivity index (χ3v) is 13.5.